The summed E-state index contributed by atoms with van der Waals surface area (Å²) in [5.41, 5.74) is -3.89. The third kappa shape index (κ3) is 8.69. The molecule has 0 aliphatic carbocycles. The molecule has 2 rings (SSSR count). The van der Waals surface area contributed by atoms with Crippen LogP contribution in [0.3, 0.4) is 0 Å². The second kappa shape index (κ2) is 12.6. The van der Waals surface area contributed by atoms with Gasteiger partial charge in [0.1, 0.15) is 18.0 Å². The van der Waals surface area contributed by atoms with Crippen LogP contribution >= 0.6 is 23.2 Å². The maximum Gasteiger partial charge on any atom is 0.417 e. The Hall–Kier alpha value is -2.15. The number of alkyl halides is 6. The van der Waals surface area contributed by atoms with Gasteiger partial charge in [-0.2, -0.15) is 26.3 Å². The Kier molecular flexibility index (Phi) is 10.6. The van der Waals surface area contributed by atoms with Crippen LogP contribution in [0.1, 0.15) is 39.9 Å². The Bertz CT molecular complexity index is 1170. The van der Waals surface area contributed by atoms with E-state index in [0.717, 1.165) is 31.4 Å². The fourth-order valence-corrected chi connectivity index (χ4v) is 4.52. The van der Waals surface area contributed by atoms with Gasteiger partial charge >= 0.3 is 12.4 Å². The lowest BCUT2D eigenvalue weighted by Gasteiger charge is -2.20. The molecule has 0 radical (unpaired) electrons. The summed E-state index contributed by atoms with van der Waals surface area (Å²) in [4.78, 5) is 12.5. The molecule has 0 fully saturated rings. The first-order valence-electron chi connectivity index (χ1n) is 10.4. The summed E-state index contributed by atoms with van der Waals surface area (Å²) >= 11 is 11.5. The van der Waals surface area contributed by atoms with Crippen LogP contribution < -0.4 is 5.32 Å². The van der Waals surface area contributed by atoms with Gasteiger partial charge in [-0.05, 0) is 42.0 Å². The zero-order valence-corrected chi connectivity index (χ0v) is 21.5. The van der Waals surface area contributed by atoms with Crippen LogP contribution in [0.2, 0.25) is 10.0 Å². The molecule has 2 aromatic carbocycles. The van der Waals surface area contributed by atoms with Gasteiger partial charge in [0.25, 0.3) is 5.91 Å². The number of carbonyl (C=O) groups is 1. The molecule has 0 aromatic heterocycles. The molecule has 37 heavy (non-hydrogen) atoms. The second-order valence-electron chi connectivity index (χ2n) is 7.59. The molecule has 0 aliphatic heterocycles. The van der Waals surface area contributed by atoms with E-state index >= 15 is 0 Å². The van der Waals surface area contributed by atoms with Crippen molar-refractivity contribution in [3.8, 4) is 0 Å². The van der Waals surface area contributed by atoms with Crippen molar-refractivity contribution < 1.29 is 44.5 Å². The number of nitrogens with one attached hydrogen (secondary N) is 1. The van der Waals surface area contributed by atoms with Crippen LogP contribution in [0.25, 0.3) is 5.83 Å². The zero-order valence-electron chi connectivity index (χ0n) is 19.1. The normalized spacial score (nSPS) is 15.3. The summed E-state index contributed by atoms with van der Waals surface area (Å²) in [6.45, 7) is 1.59. The predicted octanol–water partition coefficient (Wildman–Crippen LogP) is 7.14. The van der Waals surface area contributed by atoms with Crippen molar-refractivity contribution in [3.05, 3.63) is 74.8 Å². The quantitative estimate of drug-likeness (QED) is 0.248. The fourth-order valence-electron chi connectivity index (χ4n) is 3.18. The summed E-state index contributed by atoms with van der Waals surface area (Å²) in [7, 11) is -0.273. The molecule has 204 valence electrons. The van der Waals surface area contributed by atoms with Crippen LogP contribution in [0.4, 0.5) is 30.7 Å². The number of carbonyl (C=O) groups excluding carboxylic acids is 1. The maximum atomic E-state index is 14.9. The fraction of sp³-hybridized carbons (Fsp3) is 0.348. The summed E-state index contributed by atoms with van der Waals surface area (Å²) in [5.74, 6) is -5.44. The largest absolute Gasteiger partial charge is 0.417 e. The molecule has 2 aromatic rings. The monoisotopic (exact) mass is 593 g/mol. The van der Waals surface area contributed by atoms with Gasteiger partial charge in [0.15, 0.2) is 0 Å². The van der Waals surface area contributed by atoms with Crippen molar-refractivity contribution in [2.75, 3.05) is 18.6 Å². The van der Waals surface area contributed by atoms with Gasteiger partial charge in [-0.25, -0.2) is 4.39 Å². The zero-order chi connectivity index (χ0) is 28.1. The average Bonchev–Trinajstić information content (AvgIpc) is 2.79. The number of hydrogen-bond donors (Lipinski definition) is 1. The van der Waals surface area contributed by atoms with E-state index in [2.05, 4.69) is 5.32 Å². The minimum Gasteiger partial charge on any atom is -0.361 e. The Balaban J connectivity index is 2.50. The van der Waals surface area contributed by atoms with Crippen molar-refractivity contribution in [3.63, 3.8) is 0 Å². The number of hydrogen-bond acceptors (Lipinski definition) is 3. The summed E-state index contributed by atoms with van der Waals surface area (Å²) < 4.78 is 114. The molecule has 4 nitrogen and oxygen atoms in total. The first-order valence-corrected chi connectivity index (χ1v) is 12.6. The van der Waals surface area contributed by atoms with Crippen molar-refractivity contribution in [2.24, 2.45) is 0 Å². The number of rotatable bonds is 9. The van der Waals surface area contributed by atoms with E-state index in [0.29, 0.717) is 6.07 Å². The third-order valence-corrected chi connectivity index (χ3v) is 6.75. The van der Waals surface area contributed by atoms with E-state index < -0.39 is 69.3 Å². The lowest BCUT2D eigenvalue weighted by Crippen LogP contribution is -2.41. The molecule has 0 aliphatic rings. The van der Waals surface area contributed by atoms with E-state index in [1.54, 1.807) is 6.92 Å². The van der Waals surface area contributed by atoms with Gasteiger partial charge in [0.05, 0.1) is 16.9 Å². The summed E-state index contributed by atoms with van der Waals surface area (Å²) in [6.07, 6.45) is -11.3. The number of methoxy groups -OCH3 is 1. The van der Waals surface area contributed by atoms with E-state index in [9.17, 15) is 39.7 Å². The number of amides is 1. The molecule has 0 saturated heterocycles. The predicted molar refractivity (Wildman–Crippen MR) is 128 cm³/mol. The van der Waals surface area contributed by atoms with Gasteiger partial charge in [0, 0.05) is 39.3 Å². The van der Waals surface area contributed by atoms with Crippen LogP contribution in [0, 0.1) is 0 Å². The van der Waals surface area contributed by atoms with Gasteiger partial charge in [0.2, 0.25) is 0 Å². The topological polar surface area (TPSA) is 55.4 Å². The minimum atomic E-state index is -5.17. The highest BCUT2D eigenvalue weighted by atomic mass is 35.5. The van der Waals surface area contributed by atoms with E-state index in [1.165, 1.54) is 0 Å². The molecular weight excluding hydrogens is 574 g/mol. The van der Waals surface area contributed by atoms with Crippen LogP contribution in [-0.4, -0.2) is 41.1 Å². The standard InChI is InChI=1S/C23H20Cl2F7NO3S/c1-3-37(35)11-20(36-2)33-21(34)16-5-4-12(8-18(16)23(30,31)32)19(26)10-17(22(27,28)29)13-6-14(24)9-15(25)7-13/h4-10,17,20H,3,11H2,1-2H3,(H,33,34)/b19-10-. The minimum absolute atomic E-state index is 0.0955. The smallest absolute Gasteiger partial charge is 0.361 e. The van der Waals surface area contributed by atoms with Crippen LogP contribution in [-0.2, 0) is 21.7 Å². The first-order chi connectivity index (χ1) is 17.1. The maximum absolute atomic E-state index is 14.9. The molecule has 3 atom stereocenters. The molecule has 3 unspecified atom stereocenters. The highest BCUT2D eigenvalue weighted by Gasteiger charge is 2.41. The number of ether oxygens (including phenoxy) is 1. The average molecular weight is 594 g/mol. The Labute approximate surface area is 220 Å². The molecule has 0 saturated carbocycles. The highest BCUT2D eigenvalue weighted by molar-refractivity contribution is 7.84. The Morgan fingerprint density at radius 2 is 1.68 bits per heavy atom. The molecule has 1 N–H and O–H groups in total. The molecule has 14 heteroatoms. The lowest BCUT2D eigenvalue weighted by atomic mass is 9.95. The number of benzene rings is 2. The van der Waals surface area contributed by atoms with Crippen molar-refractivity contribution in [1.29, 1.82) is 0 Å². The molecular formula is C23H20Cl2F7NO3S. The van der Waals surface area contributed by atoms with Gasteiger partial charge in [-0.1, -0.05) is 36.2 Å². The van der Waals surface area contributed by atoms with E-state index in [1.807, 2.05) is 0 Å². The van der Waals surface area contributed by atoms with Crippen molar-refractivity contribution >= 4 is 45.7 Å². The lowest BCUT2D eigenvalue weighted by molar-refractivity contribution is -0.140. The van der Waals surface area contributed by atoms with Crippen molar-refractivity contribution in [1.82, 2.24) is 5.32 Å². The Morgan fingerprint density at radius 1 is 1.08 bits per heavy atom. The number of halogens is 9. The molecule has 0 spiro atoms. The van der Waals surface area contributed by atoms with Crippen molar-refractivity contribution in [2.45, 2.75) is 31.4 Å². The first kappa shape index (κ1) is 31.1. The van der Waals surface area contributed by atoms with Crippen LogP contribution in [0.5, 0.6) is 0 Å². The second-order valence-corrected chi connectivity index (χ2v) is 10.3. The molecule has 0 bridgehead atoms. The Morgan fingerprint density at radius 3 is 2.16 bits per heavy atom. The molecule has 0 heterocycles. The third-order valence-electron chi connectivity index (χ3n) is 4.99. The number of allylic oxidation sites excluding steroid dienone is 1. The van der Waals surface area contributed by atoms with Gasteiger partial charge in [-0.3, -0.25) is 9.00 Å². The molecule has 1 amide bonds. The van der Waals surface area contributed by atoms with E-state index in [-0.39, 0.29) is 33.7 Å². The summed E-state index contributed by atoms with van der Waals surface area (Å²) in [5, 5.41) is 1.85. The highest BCUT2D eigenvalue weighted by Crippen LogP contribution is 2.41. The summed E-state index contributed by atoms with van der Waals surface area (Å²) in [6, 6.07) is 4.56. The van der Waals surface area contributed by atoms with Crippen LogP contribution in [0.15, 0.2) is 42.5 Å². The van der Waals surface area contributed by atoms with E-state index in [4.69, 9.17) is 27.9 Å². The van der Waals surface area contributed by atoms with Gasteiger partial charge < -0.3 is 10.1 Å². The SMILES string of the molecule is CCS(=O)CC(NC(=O)c1ccc(/C(F)=C/C(c2cc(Cl)cc(Cl)c2)C(F)(F)F)cc1C(F)(F)F)OC. The van der Waals surface area contributed by atoms with Gasteiger partial charge in [-0.15, -0.1) is 0 Å².